The summed E-state index contributed by atoms with van der Waals surface area (Å²) < 4.78 is 14.4. The van der Waals surface area contributed by atoms with E-state index in [0.717, 1.165) is 10.0 Å². The summed E-state index contributed by atoms with van der Waals surface area (Å²) >= 11 is 3.43. The van der Waals surface area contributed by atoms with Crippen molar-refractivity contribution in [3.8, 4) is 11.4 Å². The molecule has 1 N–H and O–H groups in total. The van der Waals surface area contributed by atoms with E-state index in [1.165, 1.54) is 10.9 Å². The number of rotatable bonds is 6. The number of aromatic nitrogens is 4. The van der Waals surface area contributed by atoms with Crippen LogP contribution in [0, 0.1) is 5.82 Å². The van der Waals surface area contributed by atoms with E-state index in [1.807, 2.05) is 24.3 Å². The van der Waals surface area contributed by atoms with Gasteiger partial charge in [-0.1, -0.05) is 46.3 Å². The minimum atomic E-state index is -0.271. The van der Waals surface area contributed by atoms with Gasteiger partial charge >= 0.3 is 0 Å². The Morgan fingerprint density at radius 3 is 2.72 bits per heavy atom. The molecule has 6 nitrogen and oxygen atoms in total. The van der Waals surface area contributed by atoms with E-state index in [2.05, 4.69) is 36.7 Å². The van der Waals surface area contributed by atoms with Crippen molar-refractivity contribution in [2.24, 2.45) is 0 Å². The van der Waals surface area contributed by atoms with Gasteiger partial charge in [-0.15, -0.1) is 10.2 Å². The Balaban J connectivity index is 1.54. The highest BCUT2D eigenvalue weighted by Crippen LogP contribution is 2.24. The van der Waals surface area contributed by atoms with Crippen LogP contribution in [0.4, 0.5) is 4.39 Å². The Morgan fingerprint density at radius 2 is 1.92 bits per heavy atom. The molecule has 0 fully saturated rings. The van der Waals surface area contributed by atoms with Crippen molar-refractivity contribution in [1.82, 2.24) is 25.5 Å². The monoisotopic (exact) mass is 403 g/mol. The molecule has 3 rings (SSSR count). The van der Waals surface area contributed by atoms with Crippen LogP contribution < -0.4 is 5.32 Å². The lowest BCUT2D eigenvalue weighted by Crippen LogP contribution is -2.30. The number of tetrazole rings is 1. The van der Waals surface area contributed by atoms with Gasteiger partial charge in [-0.3, -0.25) is 4.79 Å². The van der Waals surface area contributed by atoms with Gasteiger partial charge in [-0.2, -0.15) is 4.80 Å². The van der Waals surface area contributed by atoms with Crippen molar-refractivity contribution in [2.45, 2.75) is 13.0 Å². The summed E-state index contributed by atoms with van der Waals surface area (Å²) in [6.07, 6.45) is 0.422. The van der Waals surface area contributed by atoms with Gasteiger partial charge < -0.3 is 5.32 Å². The number of nitrogens with zero attached hydrogens (tertiary/aromatic N) is 4. The topological polar surface area (TPSA) is 72.7 Å². The molecule has 0 bridgehead atoms. The molecule has 0 radical (unpaired) electrons. The second-order valence-electron chi connectivity index (χ2n) is 5.31. The first kappa shape index (κ1) is 17.2. The van der Waals surface area contributed by atoms with Crippen molar-refractivity contribution in [1.29, 1.82) is 0 Å². The third-order valence-corrected chi connectivity index (χ3v) is 4.22. The molecule has 0 spiro atoms. The van der Waals surface area contributed by atoms with Crippen LogP contribution >= 0.6 is 15.9 Å². The molecule has 0 aliphatic carbocycles. The maximum absolute atomic E-state index is 13.5. The average Bonchev–Trinajstić information content (AvgIpc) is 3.05. The molecule has 1 aromatic heterocycles. The number of carbonyl (C=O) groups excluding carboxylic acids is 1. The Kier molecular flexibility index (Phi) is 5.49. The summed E-state index contributed by atoms with van der Waals surface area (Å²) in [7, 11) is 0. The van der Waals surface area contributed by atoms with E-state index in [1.54, 1.807) is 18.2 Å². The number of nitrogens with one attached hydrogen (secondary N) is 1. The molecular formula is C17H15BrFN5O. The first-order valence-corrected chi connectivity index (χ1v) is 8.45. The van der Waals surface area contributed by atoms with Gasteiger partial charge in [-0.25, -0.2) is 4.39 Å². The van der Waals surface area contributed by atoms with E-state index >= 15 is 0 Å². The van der Waals surface area contributed by atoms with E-state index in [4.69, 9.17) is 0 Å². The molecule has 0 saturated carbocycles. The fourth-order valence-electron chi connectivity index (χ4n) is 2.28. The minimum absolute atomic E-state index is 0.0469. The summed E-state index contributed by atoms with van der Waals surface area (Å²) in [5.74, 6) is -0.0909. The van der Waals surface area contributed by atoms with Gasteiger partial charge in [0.25, 0.3) is 0 Å². The summed E-state index contributed by atoms with van der Waals surface area (Å²) in [5.41, 5.74) is 1.37. The Morgan fingerprint density at radius 1 is 1.16 bits per heavy atom. The lowest BCUT2D eigenvalue weighted by atomic mass is 10.1. The fraction of sp³-hybridized carbons (Fsp3) is 0.176. The third kappa shape index (κ3) is 4.48. The van der Waals surface area contributed by atoms with Crippen LogP contribution in [0.2, 0.25) is 0 Å². The van der Waals surface area contributed by atoms with Gasteiger partial charge in [0.1, 0.15) is 12.4 Å². The number of benzene rings is 2. The Labute approximate surface area is 152 Å². The lowest BCUT2D eigenvalue weighted by Gasteiger charge is -2.05. The van der Waals surface area contributed by atoms with E-state index in [-0.39, 0.29) is 18.3 Å². The second-order valence-corrected chi connectivity index (χ2v) is 6.17. The third-order valence-electron chi connectivity index (χ3n) is 3.53. The molecule has 2 aromatic carbocycles. The summed E-state index contributed by atoms with van der Waals surface area (Å²) in [5, 5.41) is 14.8. The SMILES string of the molecule is O=C(Cn1nnc(-c2ccccc2Br)n1)NCCc1ccccc1F. The second kappa shape index (κ2) is 7.98. The number of carbonyl (C=O) groups is 1. The van der Waals surface area contributed by atoms with Crippen LogP contribution in [0.1, 0.15) is 5.56 Å². The summed E-state index contributed by atoms with van der Waals surface area (Å²) in [4.78, 5) is 13.2. The van der Waals surface area contributed by atoms with Gasteiger partial charge in [0.15, 0.2) is 0 Å². The first-order chi connectivity index (χ1) is 12.1. The zero-order valence-electron chi connectivity index (χ0n) is 13.2. The molecule has 3 aromatic rings. The number of hydrogen-bond donors (Lipinski definition) is 1. The molecule has 25 heavy (non-hydrogen) atoms. The molecule has 0 saturated heterocycles. The standard InChI is InChI=1S/C17H15BrFN5O/c18-14-7-3-2-6-13(14)17-21-23-24(22-17)11-16(25)20-10-9-12-5-1-4-8-15(12)19/h1-8H,9-11H2,(H,20,25). The van der Waals surface area contributed by atoms with E-state index in [9.17, 15) is 9.18 Å². The number of amides is 1. The summed E-state index contributed by atoms with van der Waals surface area (Å²) in [6.45, 7) is 0.292. The van der Waals surface area contributed by atoms with Crippen molar-refractivity contribution in [3.63, 3.8) is 0 Å². The van der Waals surface area contributed by atoms with Crippen LogP contribution in [-0.2, 0) is 17.8 Å². The van der Waals surface area contributed by atoms with Crippen LogP contribution in [0.5, 0.6) is 0 Å². The summed E-state index contributed by atoms with van der Waals surface area (Å²) in [6, 6.07) is 14.0. The van der Waals surface area contributed by atoms with E-state index in [0.29, 0.717) is 24.4 Å². The first-order valence-electron chi connectivity index (χ1n) is 7.66. The quantitative estimate of drug-likeness (QED) is 0.686. The molecule has 0 aliphatic heterocycles. The highest BCUT2D eigenvalue weighted by molar-refractivity contribution is 9.10. The fourth-order valence-corrected chi connectivity index (χ4v) is 2.74. The average molecular weight is 404 g/mol. The minimum Gasteiger partial charge on any atom is -0.354 e. The zero-order chi connectivity index (χ0) is 17.6. The number of halogens is 2. The van der Waals surface area contributed by atoms with Crippen molar-refractivity contribution in [3.05, 3.63) is 64.4 Å². The van der Waals surface area contributed by atoms with Crippen LogP contribution in [0.15, 0.2) is 53.0 Å². The number of hydrogen-bond acceptors (Lipinski definition) is 4. The van der Waals surface area contributed by atoms with Crippen molar-refractivity contribution in [2.75, 3.05) is 6.54 Å². The molecular weight excluding hydrogens is 389 g/mol. The molecule has 1 heterocycles. The maximum Gasteiger partial charge on any atom is 0.243 e. The van der Waals surface area contributed by atoms with Gasteiger partial charge in [-0.05, 0) is 35.4 Å². The molecule has 0 unspecified atom stereocenters. The highest BCUT2D eigenvalue weighted by atomic mass is 79.9. The van der Waals surface area contributed by atoms with Gasteiger partial charge in [0.2, 0.25) is 11.7 Å². The Bertz CT molecular complexity index is 883. The molecule has 0 atom stereocenters. The predicted octanol–water partition coefficient (Wildman–Crippen LogP) is 2.60. The Hall–Kier alpha value is -2.61. The van der Waals surface area contributed by atoms with Crippen LogP contribution in [0.25, 0.3) is 11.4 Å². The lowest BCUT2D eigenvalue weighted by molar-refractivity contribution is -0.122. The van der Waals surface area contributed by atoms with Crippen LogP contribution in [-0.4, -0.2) is 32.7 Å². The highest BCUT2D eigenvalue weighted by Gasteiger charge is 2.11. The molecule has 1 amide bonds. The molecule has 128 valence electrons. The largest absolute Gasteiger partial charge is 0.354 e. The van der Waals surface area contributed by atoms with E-state index < -0.39 is 0 Å². The van der Waals surface area contributed by atoms with Gasteiger partial charge in [0, 0.05) is 16.6 Å². The normalized spacial score (nSPS) is 10.6. The van der Waals surface area contributed by atoms with Crippen LogP contribution in [0.3, 0.4) is 0 Å². The van der Waals surface area contributed by atoms with Gasteiger partial charge in [0.05, 0.1) is 0 Å². The zero-order valence-corrected chi connectivity index (χ0v) is 14.8. The van der Waals surface area contributed by atoms with Crippen molar-refractivity contribution >= 4 is 21.8 Å². The maximum atomic E-state index is 13.5. The molecule has 0 aliphatic rings. The molecule has 8 heteroatoms. The predicted molar refractivity (Wildman–Crippen MR) is 94.1 cm³/mol. The smallest absolute Gasteiger partial charge is 0.243 e. The van der Waals surface area contributed by atoms with Crippen molar-refractivity contribution < 1.29 is 9.18 Å².